The Morgan fingerprint density at radius 2 is 1.48 bits per heavy atom. The Balaban J connectivity index is 1.99. The van der Waals surface area contributed by atoms with Gasteiger partial charge in [-0.3, -0.25) is 4.79 Å². The second-order valence-electron chi connectivity index (χ2n) is 7.52. The molecule has 0 bridgehead atoms. The number of hydrogen-bond acceptors (Lipinski definition) is 9. The van der Waals surface area contributed by atoms with Gasteiger partial charge in [0, 0.05) is 29.2 Å². The fraction of sp³-hybridized carbons (Fsp3) is 0.125. The van der Waals surface area contributed by atoms with Crippen LogP contribution in [0.4, 0.5) is 0 Å². The van der Waals surface area contributed by atoms with Crippen LogP contribution < -0.4 is 10.2 Å². The van der Waals surface area contributed by atoms with Crippen LogP contribution in [0.15, 0.2) is 51.7 Å². The molecule has 0 aliphatic rings. The van der Waals surface area contributed by atoms with Crippen LogP contribution in [0.25, 0.3) is 22.3 Å². The molecule has 9 heteroatoms. The number of rotatable bonds is 4. The summed E-state index contributed by atoms with van der Waals surface area (Å²) in [6, 6.07) is 8.93. The maximum Gasteiger partial charge on any atom is 0.200 e. The number of ether oxygens (including phenoxy) is 1. The molecular formula is C24H20O9. The number of phenols is 6. The third-order valence-electron chi connectivity index (χ3n) is 5.49. The summed E-state index contributed by atoms with van der Waals surface area (Å²) in [5.41, 5.74) is 0.0200. The van der Waals surface area contributed by atoms with Crippen molar-refractivity contribution in [3.63, 3.8) is 0 Å². The van der Waals surface area contributed by atoms with Gasteiger partial charge in [-0.05, 0) is 35.9 Å². The van der Waals surface area contributed by atoms with Gasteiger partial charge < -0.3 is 39.8 Å². The van der Waals surface area contributed by atoms with E-state index >= 15 is 0 Å². The van der Waals surface area contributed by atoms with Crippen molar-refractivity contribution in [3.05, 3.63) is 63.8 Å². The van der Waals surface area contributed by atoms with Gasteiger partial charge in [-0.2, -0.15) is 0 Å². The lowest BCUT2D eigenvalue weighted by molar-refractivity contribution is 0.366. The number of fused-ring (bicyclic) bond motifs is 1. The lowest BCUT2D eigenvalue weighted by Gasteiger charge is -2.18. The molecule has 1 aromatic heterocycles. The summed E-state index contributed by atoms with van der Waals surface area (Å²) in [5.74, 6) is -3.39. The van der Waals surface area contributed by atoms with Gasteiger partial charge in [-0.25, -0.2) is 0 Å². The Morgan fingerprint density at radius 3 is 2.09 bits per heavy atom. The second-order valence-corrected chi connectivity index (χ2v) is 7.52. The first-order chi connectivity index (χ1) is 15.6. The van der Waals surface area contributed by atoms with Gasteiger partial charge in [-0.15, -0.1) is 0 Å². The molecule has 1 atom stereocenters. The van der Waals surface area contributed by atoms with Gasteiger partial charge in [0.25, 0.3) is 0 Å². The minimum absolute atomic E-state index is 0.0558. The zero-order valence-electron chi connectivity index (χ0n) is 17.5. The first-order valence-corrected chi connectivity index (χ1v) is 9.77. The molecular weight excluding hydrogens is 432 g/mol. The first kappa shape index (κ1) is 21.7. The fourth-order valence-corrected chi connectivity index (χ4v) is 3.77. The highest BCUT2D eigenvalue weighted by molar-refractivity contribution is 5.90. The van der Waals surface area contributed by atoms with E-state index in [0.717, 1.165) is 12.1 Å². The van der Waals surface area contributed by atoms with Crippen molar-refractivity contribution < 1.29 is 39.8 Å². The number of hydrogen-bond donors (Lipinski definition) is 6. The van der Waals surface area contributed by atoms with Crippen molar-refractivity contribution in [2.45, 2.75) is 12.8 Å². The largest absolute Gasteiger partial charge is 0.507 e. The molecule has 0 aliphatic carbocycles. The maximum atomic E-state index is 12.9. The zero-order chi connectivity index (χ0) is 24.0. The topological polar surface area (TPSA) is 161 Å². The monoisotopic (exact) mass is 452 g/mol. The molecule has 6 N–H and O–H groups in total. The highest BCUT2D eigenvalue weighted by Gasteiger charge is 2.25. The van der Waals surface area contributed by atoms with E-state index in [-0.39, 0.29) is 33.8 Å². The molecule has 1 heterocycles. The van der Waals surface area contributed by atoms with E-state index in [4.69, 9.17) is 9.15 Å². The predicted octanol–water partition coefficient (Wildman–Crippen LogP) is 3.85. The third kappa shape index (κ3) is 3.59. The van der Waals surface area contributed by atoms with Gasteiger partial charge in [0.1, 0.15) is 28.2 Å². The highest BCUT2D eigenvalue weighted by Crippen LogP contribution is 2.44. The van der Waals surface area contributed by atoms with E-state index < -0.39 is 40.1 Å². The van der Waals surface area contributed by atoms with Crippen molar-refractivity contribution in [1.29, 1.82) is 0 Å². The molecule has 3 aromatic carbocycles. The predicted molar refractivity (Wildman–Crippen MR) is 118 cm³/mol. The van der Waals surface area contributed by atoms with E-state index in [9.17, 15) is 35.4 Å². The van der Waals surface area contributed by atoms with Gasteiger partial charge in [0.15, 0.2) is 34.2 Å². The Hall–Kier alpha value is -4.53. The molecule has 0 saturated carbocycles. The Morgan fingerprint density at radius 1 is 0.818 bits per heavy atom. The van der Waals surface area contributed by atoms with Crippen LogP contribution in [0.1, 0.15) is 24.0 Å². The number of phenolic OH excluding ortho intramolecular Hbond substituents is 6. The summed E-state index contributed by atoms with van der Waals surface area (Å²) >= 11 is 0. The van der Waals surface area contributed by atoms with Crippen LogP contribution in [0.3, 0.4) is 0 Å². The van der Waals surface area contributed by atoms with Gasteiger partial charge >= 0.3 is 0 Å². The van der Waals surface area contributed by atoms with Crippen molar-refractivity contribution in [2.24, 2.45) is 0 Å². The Kier molecular flexibility index (Phi) is 5.17. The van der Waals surface area contributed by atoms with E-state index in [1.165, 1.54) is 31.4 Å². The Bertz CT molecular complexity index is 1430. The lowest BCUT2D eigenvalue weighted by atomic mass is 9.90. The van der Waals surface area contributed by atoms with Crippen LogP contribution in [-0.4, -0.2) is 37.7 Å². The number of benzene rings is 3. The molecule has 0 spiro atoms. The molecule has 0 amide bonds. The van der Waals surface area contributed by atoms with Crippen molar-refractivity contribution in [3.8, 4) is 51.6 Å². The quantitative estimate of drug-likeness (QED) is 0.253. The molecule has 33 heavy (non-hydrogen) atoms. The zero-order valence-corrected chi connectivity index (χ0v) is 17.5. The summed E-state index contributed by atoms with van der Waals surface area (Å²) in [6.45, 7) is 1.61. The molecule has 0 aliphatic heterocycles. The number of aromatic hydroxyl groups is 6. The van der Waals surface area contributed by atoms with E-state index in [2.05, 4.69) is 0 Å². The molecule has 4 aromatic rings. The van der Waals surface area contributed by atoms with Crippen molar-refractivity contribution in [2.75, 3.05) is 7.11 Å². The molecule has 170 valence electrons. The maximum absolute atomic E-state index is 12.9. The van der Waals surface area contributed by atoms with E-state index in [0.29, 0.717) is 11.1 Å². The van der Waals surface area contributed by atoms with Crippen LogP contribution in [0.2, 0.25) is 0 Å². The normalized spacial score (nSPS) is 12.1. The molecule has 0 radical (unpaired) electrons. The summed E-state index contributed by atoms with van der Waals surface area (Å²) < 4.78 is 11.0. The van der Waals surface area contributed by atoms with Crippen LogP contribution in [0.5, 0.6) is 40.2 Å². The standard InChI is InChI=1S/C24H20O9/c1-10(12-6-17(29)23(31)18(30)7-12)21-14(26)8-15(27)22-16(28)9-20(33-24(21)22)11-3-4-19(32-2)13(25)5-11/h3-10,25-27,29-31H,1-2H3/t10-/m1/s1. The second kappa shape index (κ2) is 7.86. The average Bonchev–Trinajstić information content (AvgIpc) is 2.76. The molecule has 0 unspecified atom stereocenters. The van der Waals surface area contributed by atoms with Crippen molar-refractivity contribution in [1.82, 2.24) is 0 Å². The van der Waals surface area contributed by atoms with Crippen molar-refractivity contribution >= 4 is 11.0 Å². The number of methoxy groups -OCH3 is 1. The molecule has 9 nitrogen and oxygen atoms in total. The highest BCUT2D eigenvalue weighted by atomic mass is 16.5. The summed E-state index contributed by atoms with van der Waals surface area (Å²) in [5, 5.41) is 60.3. The van der Waals surface area contributed by atoms with Gasteiger partial charge in [-0.1, -0.05) is 6.92 Å². The SMILES string of the molecule is COc1ccc(-c2cc(=O)c3c(O)cc(O)c([C@H](C)c4cc(O)c(O)c(O)c4)c3o2)cc1O. The average molecular weight is 452 g/mol. The fourth-order valence-electron chi connectivity index (χ4n) is 3.77. The van der Waals surface area contributed by atoms with Crippen LogP contribution in [0, 0.1) is 0 Å². The summed E-state index contributed by atoms with van der Waals surface area (Å²) in [4.78, 5) is 12.9. The molecule has 4 rings (SSSR count). The molecule has 0 saturated heterocycles. The van der Waals surface area contributed by atoms with E-state index in [1.54, 1.807) is 13.0 Å². The summed E-state index contributed by atoms with van der Waals surface area (Å²) in [6.07, 6.45) is 0. The van der Waals surface area contributed by atoms with Crippen LogP contribution in [-0.2, 0) is 0 Å². The Labute approximate surface area is 186 Å². The minimum atomic E-state index is -0.756. The van der Waals surface area contributed by atoms with Crippen LogP contribution >= 0.6 is 0 Å². The van der Waals surface area contributed by atoms with Gasteiger partial charge in [0.05, 0.1) is 7.11 Å². The summed E-state index contributed by atoms with van der Waals surface area (Å²) in [7, 11) is 1.39. The lowest BCUT2D eigenvalue weighted by Crippen LogP contribution is -2.05. The minimum Gasteiger partial charge on any atom is -0.507 e. The third-order valence-corrected chi connectivity index (χ3v) is 5.49. The van der Waals surface area contributed by atoms with E-state index in [1.807, 2.05) is 0 Å². The molecule has 0 fully saturated rings. The van der Waals surface area contributed by atoms with Gasteiger partial charge in [0.2, 0.25) is 0 Å². The smallest absolute Gasteiger partial charge is 0.200 e. The first-order valence-electron chi connectivity index (χ1n) is 9.77.